The maximum absolute atomic E-state index is 15.2. The van der Waals surface area contributed by atoms with Gasteiger partial charge in [0.25, 0.3) is 5.97 Å². The van der Waals surface area contributed by atoms with Crippen molar-refractivity contribution in [2.24, 2.45) is 5.92 Å². The van der Waals surface area contributed by atoms with Gasteiger partial charge < -0.3 is 14.2 Å². The molecule has 0 saturated heterocycles. The van der Waals surface area contributed by atoms with Gasteiger partial charge in [-0.2, -0.15) is 30.7 Å². The molecule has 0 aliphatic rings. The highest BCUT2D eigenvalue weighted by Gasteiger charge is 2.66. The molecule has 0 aromatic heterocycles. The van der Waals surface area contributed by atoms with Gasteiger partial charge in [0.2, 0.25) is 0 Å². The van der Waals surface area contributed by atoms with Crippen LogP contribution in [0.15, 0.2) is 0 Å². The Morgan fingerprint density at radius 1 is 0.559 bits per heavy atom. The van der Waals surface area contributed by atoms with Gasteiger partial charge in [0.05, 0.1) is 0 Å². The Bertz CT molecular complexity index is 501. The fourth-order valence-corrected chi connectivity index (χ4v) is 4.19. The molecule has 3 nitrogen and oxygen atoms in total. The second-order valence-electron chi connectivity index (χ2n) is 8.89. The van der Waals surface area contributed by atoms with Crippen molar-refractivity contribution >= 4 is 0 Å². The summed E-state index contributed by atoms with van der Waals surface area (Å²) in [6.45, 7) is 2.05. The summed E-state index contributed by atoms with van der Waals surface area (Å²) in [6, 6.07) is 0. The molecule has 0 spiro atoms. The Kier molecular flexibility index (Phi) is 15.9. The van der Waals surface area contributed by atoms with E-state index in [0.29, 0.717) is 32.1 Å². The summed E-state index contributed by atoms with van der Waals surface area (Å²) >= 11 is 0. The molecule has 0 radical (unpaired) electrons. The first-order valence-electron chi connectivity index (χ1n) is 12.3. The first-order valence-corrected chi connectivity index (χ1v) is 12.3. The van der Waals surface area contributed by atoms with E-state index in [1.807, 2.05) is 0 Å². The summed E-state index contributed by atoms with van der Waals surface area (Å²) in [5, 5.41) is 0. The van der Waals surface area contributed by atoms with Crippen LogP contribution in [0.2, 0.25) is 0 Å². The molecule has 206 valence electrons. The van der Waals surface area contributed by atoms with Crippen LogP contribution in [0.3, 0.4) is 0 Å². The van der Waals surface area contributed by atoms with Crippen LogP contribution in [0.1, 0.15) is 103 Å². The fraction of sp³-hybridized carbons (Fsp3) is 1.00. The zero-order chi connectivity index (χ0) is 26.3. The molecule has 1 atom stereocenters. The van der Waals surface area contributed by atoms with E-state index in [1.165, 1.54) is 0 Å². The van der Waals surface area contributed by atoms with E-state index in [2.05, 4.69) is 6.92 Å². The Balaban J connectivity index is 4.97. The molecule has 0 aliphatic heterocycles. The Morgan fingerprint density at radius 3 is 1.41 bits per heavy atom. The maximum Gasteiger partial charge on any atom is 0.389 e. The van der Waals surface area contributed by atoms with E-state index in [9.17, 15) is 22.0 Å². The van der Waals surface area contributed by atoms with Crippen molar-refractivity contribution in [2.75, 3.05) is 21.3 Å². The second-order valence-corrected chi connectivity index (χ2v) is 8.89. The largest absolute Gasteiger partial charge is 0.389 e. The molecule has 0 N–H and O–H groups in total. The highest BCUT2D eigenvalue weighted by molar-refractivity contribution is 4.95. The Hall–Kier alpha value is -0.610. The third kappa shape index (κ3) is 11.4. The zero-order valence-corrected chi connectivity index (χ0v) is 21.1. The van der Waals surface area contributed by atoms with Gasteiger partial charge in [-0.3, -0.25) is 0 Å². The van der Waals surface area contributed by atoms with Crippen molar-refractivity contribution in [2.45, 2.75) is 127 Å². The van der Waals surface area contributed by atoms with Gasteiger partial charge in [-0.1, -0.05) is 71.1 Å². The minimum atomic E-state index is -4.45. The van der Waals surface area contributed by atoms with Gasteiger partial charge in [0.1, 0.15) is 5.92 Å². The SMILES string of the molecule is CCCCCCCCC(C(OC)(OC)OC)C(F)(F)C(F)(F)CCCCCCCCC(F)(F)F. The van der Waals surface area contributed by atoms with Crippen LogP contribution in [-0.2, 0) is 14.2 Å². The smallest absolute Gasteiger partial charge is 0.330 e. The van der Waals surface area contributed by atoms with E-state index in [4.69, 9.17) is 14.2 Å². The molecule has 0 rings (SSSR count). The van der Waals surface area contributed by atoms with E-state index in [0.717, 1.165) is 47.0 Å². The average Bonchev–Trinajstić information content (AvgIpc) is 2.76. The number of alkyl halides is 7. The van der Waals surface area contributed by atoms with Gasteiger partial charge >= 0.3 is 18.0 Å². The Morgan fingerprint density at radius 2 is 0.971 bits per heavy atom. The molecule has 34 heavy (non-hydrogen) atoms. The van der Waals surface area contributed by atoms with E-state index >= 15 is 8.78 Å². The zero-order valence-electron chi connectivity index (χ0n) is 21.1. The molecular weight excluding hydrogens is 469 g/mol. The standard InChI is InChI=1S/C24H43F7O3/c1-5-6-7-8-11-14-17-20(24(32-2,33-3)34-4)23(30,31)21(25,26)18-15-12-9-10-13-16-19-22(27,28)29/h20H,5-19H2,1-4H3. The fourth-order valence-electron chi connectivity index (χ4n) is 4.19. The molecule has 1 unspecified atom stereocenters. The minimum Gasteiger partial charge on any atom is -0.330 e. The van der Waals surface area contributed by atoms with Crippen molar-refractivity contribution in [1.82, 2.24) is 0 Å². The van der Waals surface area contributed by atoms with Crippen molar-refractivity contribution in [3.63, 3.8) is 0 Å². The topological polar surface area (TPSA) is 27.7 Å². The van der Waals surface area contributed by atoms with Crippen LogP contribution >= 0.6 is 0 Å². The van der Waals surface area contributed by atoms with Crippen LogP contribution in [0, 0.1) is 5.92 Å². The van der Waals surface area contributed by atoms with Gasteiger partial charge in [-0.05, 0) is 19.3 Å². The van der Waals surface area contributed by atoms with Crippen molar-refractivity contribution < 1.29 is 44.9 Å². The summed E-state index contributed by atoms with van der Waals surface area (Å²) in [5.41, 5.74) is 0. The number of halogens is 7. The third-order valence-electron chi connectivity index (χ3n) is 6.25. The summed E-state index contributed by atoms with van der Waals surface area (Å²) in [7, 11) is 3.23. The van der Waals surface area contributed by atoms with Crippen molar-refractivity contribution in [3.8, 4) is 0 Å². The van der Waals surface area contributed by atoms with Gasteiger partial charge in [0, 0.05) is 34.2 Å². The highest BCUT2D eigenvalue weighted by atomic mass is 19.4. The summed E-state index contributed by atoms with van der Waals surface area (Å²) in [5.74, 6) is -13.1. The van der Waals surface area contributed by atoms with Gasteiger partial charge in [0.15, 0.2) is 0 Å². The normalized spacial score (nSPS) is 14.6. The minimum absolute atomic E-state index is 0.0228. The van der Waals surface area contributed by atoms with Crippen molar-refractivity contribution in [1.29, 1.82) is 0 Å². The third-order valence-corrected chi connectivity index (χ3v) is 6.25. The lowest BCUT2D eigenvalue weighted by atomic mass is 9.85. The van der Waals surface area contributed by atoms with Gasteiger partial charge in [-0.25, -0.2) is 0 Å². The predicted octanol–water partition coefficient (Wildman–Crippen LogP) is 8.90. The molecular formula is C24H43F7O3. The number of hydrogen-bond acceptors (Lipinski definition) is 3. The Labute approximate surface area is 200 Å². The monoisotopic (exact) mass is 512 g/mol. The highest BCUT2D eigenvalue weighted by Crippen LogP contribution is 2.50. The van der Waals surface area contributed by atoms with E-state index in [1.54, 1.807) is 0 Å². The number of hydrogen-bond donors (Lipinski definition) is 0. The van der Waals surface area contributed by atoms with Gasteiger partial charge in [-0.15, -0.1) is 0 Å². The molecule has 0 bridgehead atoms. The van der Waals surface area contributed by atoms with Crippen LogP contribution < -0.4 is 0 Å². The number of rotatable bonds is 21. The molecule has 0 aliphatic carbocycles. The molecule has 10 heteroatoms. The molecule has 0 amide bonds. The van der Waals surface area contributed by atoms with Crippen LogP contribution in [-0.4, -0.2) is 45.3 Å². The lowest BCUT2D eigenvalue weighted by Crippen LogP contribution is -2.58. The molecule has 0 fully saturated rings. The lowest BCUT2D eigenvalue weighted by molar-refractivity contribution is -0.418. The van der Waals surface area contributed by atoms with E-state index in [-0.39, 0.29) is 25.7 Å². The predicted molar refractivity (Wildman–Crippen MR) is 118 cm³/mol. The molecule has 0 aromatic carbocycles. The quantitative estimate of drug-likeness (QED) is 0.0873. The maximum atomic E-state index is 15.2. The molecule has 0 heterocycles. The summed E-state index contributed by atoms with van der Waals surface area (Å²) in [4.78, 5) is 0. The van der Waals surface area contributed by atoms with Crippen molar-refractivity contribution in [3.05, 3.63) is 0 Å². The van der Waals surface area contributed by atoms with Crippen LogP contribution in [0.5, 0.6) is 0 Å². The van der Waals surface area contributed by atoms with E-state index < -0.39 is 42.8 Å². The van der Waals surface area contributed by atoms with Crippen LogP contribution in [0.25, 0.3) is 0 Å². The summed E-state index contributed by atoms with van der Waals surface area (Å²) in [6.07, 6.45) is -0.388. The van der Waals surface area contributed by atoms with Crippen LogP contribution in [0.4, 0.5) is 30.7 Å². The second kappa shape index (κ2) is 16.2. The summed E-state index contributed by atoms with van der Waals surface area (Å²) < 4.78 is 112. The molecule has 0 aromatic rings. The average molecular weight is 513 g/mol. The number of ether oxygens (including phenoxy) is 3. The lowest BCUT2D eigenvalue weighted by Gasteiger charge is -2.42. The first-order chi connectivity index (χ1) is 15.8. The number of unbranched alkanes of at least 4 members (excludes halogenated alkanes) is 10. The molecule has 0 saturated carbocycles. The number of methoxy groups -OCH3 is 3. The first kappa shape index (κ1) is 33.4.